The van der Waals surface area contributed by atoms with E-state index >= 15 is 0 Å². The Morgan fingerprint density at radius 2 is 0.695 bits per heavy atom. The van der Waals surface area contributed by atoms with Crippen LogP contribution in [0.15, 0.2) is 24.3 Å². The van der Waals surface area contributed by atoms with E-state index in [9.17, 15) is 20.1 Å². The number of allylic oxidation sites excluding steroid dienone is 3. The molecule has 0 saturated heterocycles. The van der Waals surface area contributed by atoms with Crippen molar-refractivity contribution in [3.63, 3.8) is 0 Å². The van der Waals surface area contributed by atoms with Gasteiger partial charge in [0.1, 0.15) is 6.10 Å². The van der Waals surface area contributed by atoms with Crippen LogP contribution in [0.2, 0.25) is 0 Å². The molecular weight excluding hydrogens is 727 g/mol. The molecule has 0 heterocycles. The van der Waals surface area contributed by atoms with E-state index in [-0.39, 0.29) is 6.61 Å². The number of unbranched alkanes of at least 4 members (excludes halogenated alkanes) is 39. The van der Waals surface area contributed by atoms with E-state index in [1.54, 1.807) is 6.08 Å². The fourth-order valence-electron chi connectivity index (χ4n) is 8.38. The number of hydrogen-bond acceptors (Lipinski definition) is 4. The third-order valence-corrected chi connectivity index (χ3v) is 12.5. The van der Waals surface area contributed by atoms with Gasteiger partial charge >= 0.3 is 0 Å². The molecule has 0 aromatic rings. The summed E-state index contributed by atoms with van der Waals surface area (Å²) >= 11 is 0. The number of aliphatic hydroxyl groups excluding tert-OH is 3. The average molecular weight is 832 g/mol. The molecule has 0 aliphatic carbocycles. The molecule has 1 amide bonds. The fourth-order valence-corrected chi connectivity index (χ4v) is 8.38. The number of amides is 1. The SMILES string of the molecule is CCCCCCCCCC/C=C/CC/C=C/C(O)C(CO)NC(=O)C(O)CCCCCCCCCCCCCCCCCCCCCCCCCCCCCCCCC. The van der Waals surface area contributed by atoms with Gasteiger partial charge in [-0.15, -0.1) is 0 Å². The fraction of sp³-hybridized carbons (Fsp3) is 0.907. The molecule has 0 radical (unpaired) electrons. The predicted octanol–water partition coefficient (Wildman–Crippen LogP) is 16.1. The Labute approximate surface area is 369 Å². The molecule has 0 spiro atoms. The second-order valence-corrected chi connectivity index (χ2v) is 18.4. The minimum Gasteiger partial charge on any atom is -0.394 e. The summed E-state index contributed by atoms with van der Waals surface area (Å²) in [5.41, 5.74) is 0. The normalized spacial score (nSPS) is 13.5. The van der Waals surface area contributed by atoms with Crippen LogP contribution >= 0.6 is 0 Å². The van der Waals surface area contributed by atoms with Gasteiger partial charge in [-0.3, -0.25) is 4.79 Å². The van der Waals surface area contributed by atoms with Crippen LogP contribution < -0.4 is 5.32 Å². The predicted molar refractivity (Wildman–Crippen MR) is 259 cm³/mol. The third kappa shape index (κ3) is 44.7. The van der Waals surface area contributed by atoms with Crippen LogP contribution in [0.4, 0.5) is 0 Å². The average Bonchev–Trinajstić information content (AvgIpc) is 3.24. The van der Waals surface area contributed by atoms with E-state index < -0.39 is 24.2 Å². The summed E-state index contributed by atoms with van der Waals surface area (Å²) in [6.07, 6.45) is 62.6. The molecule has 0 aliphatic heterocycles. The standard InChI is InChI=1S/C54H105NO4/c1-3-5-7-9-11-13-15-17-19-20-21-22-23-24-25-26-27-28-29-30-31-32-33-34-35-37-39-41-43-45-47-49-53(58)54(59)55-51(50-56)52(57)48-46-44-42-40-38-36-18-16-14-12-10-8-6-4-2/h38,40,46,48,51-53,56-58H,3-37,39,41-45,47,49-50H2,1-2H3,(H,55,59)/b40-38+,48-46+. The Balaban J connectivity index is 3.51. The van der Waals surface area contributed by atoms with E-state index in [0.717, 1.165) is 38.5 Å². The maximum Gasteiger partial charge on any atom is 0.249 e. The molecule has 3 unspecified atom stereocenters. The summed E-state index contributed by atoms with van der Waals surface area (Å²) in [5, 5.41) is 33.2. The highest BCUT2D eigenvalue weighted by Crippen LogP contribution is 2.17. The Bertz CT molecular complexity index is 874. The summed E-state index contributed by atoms with van der Waals surface area (Å²) in [6.45, 7) is 4.19. The first-order valence-electron chi connectivity index (χ1n) is 26.7. The van der Waals surface area contributed by atoms with Gasteiger partial charge in [0.25, 0.3) is 0 Å². The number of hydrogen-bond donors (Lipinski definition) is 4. The summed E-state index contributed by atoms with van der Waals surface area (Å²) in [6, 6.07) is -0.811. The lowest BCUT2D eigenvalue weighted by Gasteiger charge is -2.21. The number of nitrogens with one attached hydrogen (secondary N) is 1. The van der Waals surface area contributed by atoms with E-state index in [4.69, 9.17) is 0 Å². The van der Waals surface area contributed by atoms with Crippen LogP contribution in [0, 0.1) is 0 Å². The van der Waals surface area contributed by atoms with Gasteiger partial charge in [0.15, 0.2) is 0 Å². The van der Waals surface area contributed by atoms with Crippen molar-refractivity contribution in [3.8, 4) is 0 Å². The smallest absolute Gasteiger partial charge is 0.249 e. The van der Waals surface area contributed by atoms with Crippen LogP contribution in [0.25, 0.3) is 0 Å². The molecule has 350 valence electrons. The topological polar surface area (TPSA) is 89.8 Å². The molecule has 0 fully saturated rings. The maximum atomic E-state index is 12.5. The molecule has 4 N–H and O–H groups in total. The maximum absolute atomic E-state index is 12.5. The molecule has 0 aromatic carbocycles. The van der Waals surface area contributed by atoms with Gasteiger partial charge < -0.3 is 20.6 Å². The van der Waals surface area contributed by atoms with Crippen molar-refractivity contribution in [2.45, 2.75) is 308 Å². The lowest BCUT2D eigenvalue weighted by atomic mass is 10.0. The Morgan fingerprint density at radius 3 is 1.03 bits per heavy atom. The molecule has 0 aliphatic rings. The molecule has 5 heteroatoms. The minimum absolute atomic E-state index is 0.373. The quantitative estimate of drug-likeness (QED) is 0.0363. The summed E-state index contributed by atoms with van der Waals surface area (Å²) in [7, 11) is 0. The Kier molecular flexibility index (Phi) is 48.5. The van der Waals surface area contributed by atoms with Crippen molar-refractivity contribution in [2.75, 3.05) is 6.61 Å². The minimum atomic E-state index is -1.10. The Hall–Kier alpha value is -1.17. The van der Waals surface area contributed by atoms with Gasteiger partial charge in [-0.05, 0) is 32.1 Å². The van der Waals surface area contributed by atoms with Gasteiger partial charge in [0.05, 0.1) is 18.8 Å². The van der Waals surface area contributed by atoms with Crippen LogP contribution in [0.3, 0.4) is 0 Å². The monoisotopic (exact) mass is 832 g/mol. The molecule has 59 heavy (non-hydrogen) atoms. The van der Waals surface area contributed by atoms with Gasteiger partial charge in [-0.2, -0.15) is 0 Å². The second kappa shape index (κ2) is 49.5. The first-order chi connectivity index (χ1) is 29.1. The molecular formula is C54H105NO4. The van der Waals surface area contributed by atoms with Crippen LogP contribution in [0.1, 0.15) is 290 Å². The van der Waals surface area contributed by atoms with Crippen molar-refractivity contribution >= 4 is 5.91 Å². The number of aliphatic hydroxyl groups is 3. The van der Waals surface area contributed by atoms with Crippen molar-refractivity contribution in [3.05, 3.63) is 24.3 Å². The van der Waals surface area contributed by atoms with Crippen LogP contribution in [-0.2, 0) is 4.79 Å². The van der Waals surface area contributed by atoms with E-state index in [2.05, 4.69) is 31.3 Å². The van der Waals surface area contributed by atoms with E-state index in [1.165, 1.54) is 231 Å². The number of rotatable bonds is 49. The van der Waals surface area contributed by atoms with Crippen molar-refractivity contribution < 1.29 is 20.1 Å². The second-order valence-electron chi connectivity index (χ2n) is 18.4. The van der Waals surface area contributed by atoms with Crippen LogP contribution in [-0.4, -0.2) is 46.1 Å². The van der Waals surface area contributed by atoms with Gasteiger partial charge in [-0.1, -0.05) is 282 Å². The zero-order valence-electron chi connectivity index (χ0n) is 39.9. The Morgan fingerprint density at radius 1 is 0.407 bits per heavy atom. The molecule has 0 saturated carbocycles. The van der Waals surface area contributed by atoms with E-state index in [0.29, 0.717) is 6.42 Å². The van der Waals surface area contributed by atoms with Gasteiger partial charge in [0, 0.05) is 0 Å². The van der Waals surface area contributed by atoms with Crippen molar-refractivity contribution in [2.24, 2.45) is 0 Å². The number of carbonyl (C=O) groups is 1. The molecule has 3 atom stereocenters. The van der Waals surface area contributed by atoms with Crippen molar-refractivity contribution in [1.29, 1.82) is 0 Å². The highest BCUT2D eigenvalue weighted by atomic mass is 16.3. The van der Waals surface area contributed by atoms with Gasteiger partial charge in [0.2, 0.25) is 5.91 Å². The summed E-state index contributed by atoms with van der Waals surface area (Å²) in [5.74, 6) is -0.508. The van der Waals surface area contributed by atoms with Crippen LogP contribution in [0.5, 0.6) is 0 Å². The highest BCUT2D eigenvalue weighted by molar-refractivity contribution is 5.80. The molecule has 0 aromatic heterocycles. The molecule has 5 nitrogen and oxygen atoms in total. The third-order valence-electron chi connectivity index (χ3n) is 12.5. The zero-order chi connectivity index (χ0) is 43.0. The summed E-state index contributed by atoms with van der Waals surface area (Å²) < 4.78 is 0. The largest absolute Gasteiger partial charge is 0.394 e. The lowest BCUT2D eigenvalue weighted by molar-refractivity contribution is -0.131. The first-order valence-corrected chi connectivity index (χ1v) is 26.7. The van der Waals surface area contributed by atoms with Gasteiger partial charge in [-0.25, -0.2) is 0 Å². The molecule has 0 rings (SSSR count). The lowest BCUT2D eigenvalue weighted by Crippen LogP contribution is -2.48. The first kappa shape index (κ1) is 57.8. The summed E-state index contributed by atoms with van der Waals surface area (Å²) in [4.78, 5) is 12.5. The van der Waals surface area contributed by atoms with Crippen molar-refractivity contribution in [1.82, 2.24) is 5.32 Å². The number of carbonyl (C=O) groups excluding carboxylic acids is 1. The molecule has 0 bridgehead atoms. The highest BCUT2D eigenvalue weighted by Gasteiger charge is 2.22. The zero-order valence-corrected chi connectivity index (χ0v) is 39.9. The van der Waals surface area contributed by atoms with E-state index in [1.807, 2.05) is 6.08 Å².